The van der Waals surface area contributed by atoms with Crippen LogP contribution in [0, 0.1) is 5.82 Å². The molecule has 1 N–H and O–H groups in total. The number of alkyl halides is 3. The second-order valence-electron chi connectivity index (χ2n) is 10.3. The molecule has 2 aliphatic rings. The number of hydrogen-bond donors (Lipinski definition) is 1. The van der Waals surface area contributed by atoms with Crippen molar-refractivity contribution in [3.63, 3.8) is 0 Å². The van der Waals surface area contributed by atoms with Gasteiger partial charge in [0, 0.05) is 26.6 Å². The fraction of sp³-hybridized carbons (Fsp3) is 0.300. The number of hydrazine groups is 1. The first-order valence-corrected chi connectivity index (χ1v) is 13.3. The molecule has 2 aliphatic heterocycles. The molecule has 42 heavy (non-hydrogen) atoms. The summed E-state index contributed by atoms with van der Waals surface area (Å²) in [5.74, 6) is -1.18. The largest absolute Gasteiger partial charge is 0.416 e. The number of fused-ring (bicyclic) bond motifs is 1. The van der Waals surface area contributed by atoms with Crippen LogP contribution >= 0.6 is 0 Å². The minimum atomic E-state index is -4.55. The molecule has 3 aromatic carbocycles. The van der Waals surface area contributed by atoms with Crippen molar-refractivity contribution in [1.82, 2.24) is 25.1 Å². The summed E-state index contributed by atoms with van der Waals surface area (Å²) in [4.78, 5) is 43.6. The molecule has 0 radical (unpaired) electrons. The van der Waals surface area contributed by atoms with Gasteiger partial charge in [-0.15, -0.1) is 0 Å². The lowest BCUT2D eigenvalue weighted by Crippen LogP contribution is -2.76. The number of nitrogens with one attached hydrogen (secondary N) is 1. The zero-order valence-corrected chi connectivity index (χ0v) is 22.7. The van der Waals surface area contributed by atoms with Gasteiger partial charge in [-0.2, -0.15) is 13.2 Å². The number of nitrogens with zero attached hydrogens (tertiary/aromatic N) is 4. The van der Waals surface area contributed by atoms with Crippen molar-refractivity contribution >= 4 is 17.8 Å². The van der Waals surface area contributed by atoms with Crippen LogP contribution in [0.3, 0.4) is 0 Å². The third-order valence-electron chi connectivity index (χ3n) is 7.40. The fourth-order valence-electron chi connectivity index (χ4n) is 5.41. The third-order valence-corrected chi connectivity index (χ3v) is 7.40. The molecule has 5 rings (SSSR count). The molecule has 8 nitrogen and oxygen atoms in total. The Bertz CT molecular complexity index is 1450. The van der Waals surface area contributed by atoms with Gasteiger partial charge < -0.3 is 15.1 Å². The van der Waals surface area contributed by atoms with Crippen molar-refractivity contribution < 1.29 is 31.9 Å². The second-order valence-corrected chi connectivity index (χ2v) is 10.3. The summed E-state index contributed by atoms with van der Waals surface area (Å²) in [5.41, 5.74) is 0.882. The number of hydrogen-bond acceptors (Lipinski definition) is 4. The van der Waals surface area contributed by atoms with E-state index in [9.17, 15) is 31.9 Å². The highest BCUT2D eigenvalue weighted by atomic mass is 19.4. The highest BCUT2D eigenvalue weighted by molar-refractivity contribution is 5.91. The van der Waals surface area contributed by atoms with Crippen molar-refractivity contribution in [1.29, 1.82) is 0 Å². The van der Waals surface area contributed by atoms with Crippen LogP contribution in [0.15, 0.2) is 78.9 Å². The second kappa shape index (κ2) is 11.8. The molecule has 0 aliphatic carbocycles. The van der Waals surface area contributed by atoms with Crippen LogP contribution < -0.4 is 5.32 Å². The van der Waals surface area contributed by atoms with Gasteiger partial charge in [0.15, 0.2) is 0 Å². The molecule has 0 spiro atoms. The van der Waals surface area contributed by atoms with E-state index in [4.69, 9.17) is 0 Å². The zero-order valence-electron chi connectivity index (χ0n) is 22.7. The fourth-order valence-corrected chi connectivity index (χ4v) is 5.41. The highest BCUT2D eigenvalue weighted by Gasteiger charge is 2.50. The number of halogens is 4. The summed E-state index contributed by atoms with van der Waals surface area (Å²) in [6.07, 6.45) is -5.30. The van der Waals surface area contributed by atoms with Crippen molar-refractivity contribution in [3.05, 3.63) is 107 Å². The van der Waals surface area contributed by atoms with Crippen molar-refractivity contribution in [2.24, 2.45) is 0 Å². The summed E-state index contributed by atoms with van der Waals surface area (Å²) in [6, 6.07) is 17.9. The Balaban J connectivity index is 1.45. The minimum Gasteiger partial charge on any atom is -0.333 e. The third kappa shape index (κ3) is 6.23. The van der Waals surface area contributed by atoms with Gasteiger partial charge in [-0.25, -0.2) is 19.2 Å². The predicted octanol–water partition coefficient (Wildman–Crippen LogP) is 4.02. The first-order chi connectivity index (χ1) is 20.0. The average Bonchev–Trinajstić information content (AvgIpc) is 2.95. The Hall–Kier alpha value is -4.45. The van der Waals surface area contributed by atoms with Gasteiger partial charge in [0.1, 0.15) is 18.0 Å². The maximum atomic E-state index is 13.9. The Morgan fingerprint density at radius 3 is 2.31 bits per heavy atom. The quantitative estimate of drug-likeness (QED) is 0.445. The minimum absolute atomic E-state index is 0.0877. The van der Waals surface area contributed by atoms with E-state index in [2.05, 4.69) is 5.32 Å². The molecular weight excluding hydrogens is 554 g/mol. The van der Waals surface area contributed by atoms with Crippen LogP contribution in [0.2, 0.25) is 0 Å². The van der Waals surface area contributed by atoms with E-state index < -0.39 is 41.7 Å². The van der Waals surface area contributed by atoms with Crippen LogP contribution in [-0.4, -0.2) is 70.0 Å². The SMILES string of the molecule is CN1CC(=O)N2C(Cc3ccccc3)C(=O)N(Cc3cccc(C(F)(F)F)c3)CC2N1C(=O)NCc1ccc(F)cc1. The number of piperazine rings is 1. The molecule has 12 heteroatoms. The lowest BCUT2D eigenvalue weighted by molar-refractivity contribution is -0.187. The number of amides is 4. The number of benzene rings is 3. The van der Waals surface area contributed by atoms with Gasteiger partial charge in [-0.3, -0.25) is 9.59 Å². The molecule has 2 fully saturated rings. The van der Waals surface area contributed by atoms with Gasteiger partial charge in [-0.05, 0) is 41.0 Å². The summed E-state index contributed by atoms with van der Waals surface area (Å²) in [6.45, 7) is -0.321. The Labute approximate surface area is 240 Å². The van der Waals surface area contributed by atoms with E-state index in [-0.39, 0.29) is 44.1 Å². The molecule has 2 atom stereocenters. The van der Waals surface area contributed by atoms with Crippen LogP contribution in [0.4, 0.5) is 22.4 Å². The van der Waals surface area contributed by atoms with Gasteiger partial charge in [-0.1, -0.05) is 54.6 Å². The molecule has 2 unspecified atom stereocenters. The van der Waals surface area contributed by atoms with Crippen LogP contribution in [-0.2, 0) is 35.3 Å². The van der Waals surface area contributed by atoms with Gasteiger partial charge >= 0.3 is 12.2 Å². The van der Waals surface area contributed by atoms with Crippen LogP contribution in [0.5, 0.6) is 0 Å². The summed E-state index contributed by atoms with van der Waals surface area (Å²) in [5, 5.41) is 5.60. The van der Waals surface area contributed by atoms with Crippen molar-refractivity contribution in [2.75, 3.05) is 20.1 Å². The lowest BCUT2D eigenvalue weighted by atomic mass is 9.98. The number of likely N-dealkylation sites (N-methyl/N-ethyl adjacent to an activating group) is 1. The normalized spacial score (nSPS) is 19.6. The van der Waals surface area contributed by atoms with Crippen LogP contribution in [0.25, 0.3) is 0 Å². The van der Waals surface area contributed by atoms with E-state index in [0.717, 1.165) is 17.7 Å². The van der Waals surface area contributed by atoms with Gasteiger partial charge in [0.25, 0.3) is 0 Å². The standard InChI is InChI=1S/C30H29F4N5O3/c1-36-19-27(40)38-25(15-20-6-3-2-4-7-20)28(41)37(17-22-8-5-9-23(14-22)30(32,33)34)18-26(38)39(36)29(42)35-16-21-10-12-24(31)13-11-21/h2-14,25-26H,15-19H2,1H3,(H,35,42). The number of rotatable bonds is 6. The number of urea groups is 1. The van der Waals surface area contributed by atoms with E-state index in [1.807, 2.05) is 30.3 Å². The maximum absolute atomic E-state index is 13.9. The molecule has 0 aromatic heterocycles. The van der Waals surface area contributed by atoms with Gasteiger partial charge in [0.2, 0.25) is 11.8 Å². The summed E-state index contributed by atoms with van der Waals surface area (Å²) >= 11 is 0. The average molecular weight is 584 g/mol. The van der Waals surface area contributed by atoms with Crippen molar-refractivity contribution in [2.45, 2.75) is 37.9 Å². The summed E-state index contributed by atoms with van der Waals surface area (Å²) in [7, 11) is 1.58. The van der Waals surface area contributed by atoms with E-state index in [1.165, 1.54) is 56.2 Å². The molecular formula is C30H29F4N5O3. The smallest absolute Gasteiger partial charge is 0.333 e. The molecule has 2 saturated heterocycles. The first-order valence-electron chi connectivity index (χ1n) is 13.3. The van der Waals surface area contributed by atoms with E-state index in [0.29, 0.717) is 5.56 Å². The summed E-state index contributed by atoms with van der Waals surface area (Å²) < 4.78 is 53.5. The molecule has 4 amide bonds. The highest BCUT2D eigenvalue weighted by Crippen LogP contribution is 2.32. The molecule has 0 saturated carbocycles. The Kier molecular flexibility index (Phi) is 8.17. The van der Waals surface area contributed by atoms with E-state index >= 15 is 0 Å². The lowest BCUT2D eigenvalue weighted by Gasteiger charge is -2.54. The van der Waals surface area contributed by atoms with Gasteiger partial charge in [0.05, 0.1) is 18.7 Å². The van der Waals surface area contributed by atoms with Crippen molar-refractivity contribution in [3.8, 4) is 0 Å². The Morgan fingerprint density at radius 2 is 1.62 bits per heavy atom. The molecule has 3 aromatic rings. The number of carbonyl (C=O) groups is 3. The molecule has 220 valence electrons. The zero-order chi connectivity index (χ0) is 30.0. The molecule has 2 heterocycles. The first kappa shape index (κ1) is 29.1. The predicted molar refractivity (Wildman–Crippen MR) is 145 cm³/mol. The topological polar surface area (TPSA) is 76.2 Å². The number of carbonyl (C=O) groups excluding carboxylic acids is 3. The Morgan fingerprint density at radius 1 is 0.929 bits per heavy atom. The van der Waals surface area contributed by atoms with Crippen LogP contribution in [0.1, 0.15) is 22.3 Å². The maximum Gasteiger partial charge on any atom is 0.416 e. The monoisotopic (exact) mass is 583 g/mol. The molecule has 0 bridgehead atoms. The van der Waals surface area contributed by atoms with E-state index in [1.54, 1.807) is 7.05 Å².